The molecule has 2 unspecified atom stereocenters. The molecule has 1 aliphatic heterocycles. The van der Waals surface area contributed by atoms with E-state index in [-0.39, 0.29) is 23.7 Å². The van der Waals surface area contributed by atoms with E-state index in [1.807, 2.05) is 13.2 Å². The number of ether oxygens (including phenoxy) is 2. The number of rotatable bonds is 4. The fourth-order valence-corrected chi connectivity index (χ4v) is 3.18. The van der Waals surface area contributed by atoms with Gasteiger partial charge >= 0.3 is 0 Å². The Morgan fingerprint density at radius 2 is 2.24 bits per heavy atom. The van der Waals surface area contributed by atoms with Crippen LogP contribution in [0.25, 0.3) is 0 Å². The summed E-state index contributed by atoms with van der Waals surface area (Å²) in [5.74, 6) is 0.712. The van der Waals surface area contributed by atoms with Crippen molar-refractivity contribution in [2.24, 2.45) is 5.92 Å². The first kappa shape index (κ1) is 13.2. The average molecular weight is 259 g/mol. The molecule has 0 aromatic rings. The number of carbonyl (C=O) groups is 1. The molecule has 1 saturated heterocycles. The highest BCUT2D eigenvalue weighted by Crippen LogP contribution is 2.37. The summed E-state index contributed by atoms with van der Waals surface area (Å²) in [4.78, 5) is 11.9. The Balaban J connectivity index is 1.79. The van der Waals surface area contributed by atoms with E-state index in [0.29, 0.717) is 13.2 Å². The van der Waals surface area contributed by atoms with Crippen molar-refractivity contribution in [3.8, 4) is 0 Å². The van der Waals surface area contributed by atoms with Crippen molar-refractivity contribution < 1.29 is 14.3 Å². The van der Waals surface area contributed by atoms with E-state index in [9.17, 15) is 4.79 Å². The van der Waals surface area contributed by atoms with Crippen LogP contribution >= 0.6 is 11.8 Å². The van der Waals surface area contributed by atoms with Gasteiger partial charge in [0.05, 0.1) is 13.2 Å². The molecule has 2 fully saturated rings. The molecule has 4 nitrogen and oxygen atoms in total. The van der Waals surface area contributed by atoms with Gasteiger partial charge in [-0.25, -0.2) is 0 Å². The predicted octanol–water partition coefficient (Wildman–Crippen LogP) is 1.40. The minimum atomic E-state index is -0.388. The Kier molecular flexibility index (Phi) is 4.33. The molecule has 1 amide bonds. The van der Waals surface area contributed by atoms with Gasteiger partial charge in [0.1, 0.15) is 0 Å². The van der Waals surface area contributed by atoms with Crippen molar-refractivity contribution in [1.29, 1.82) is 0 Å². The minimum absolute atomic E-state index is 0.0759. The Hall–Kier alpha value is -0.260. The Morgan fingerprint density at radius 1 is 1.53 bits per heavy atom. The molecular weight excluding hydrogens is 238 g/mol. The lowest BCUT2D eigenvalue weighted by Gasteiger charge is -2.22. The summed E-state index contributed by atoms with van der Waals surface area (Å²) in [7, 11) is 0. The van der Waals surface area contributed by atoms with Gasteiger partial charge < -0.3 is 14.8 Å². The van der Waals surface area contributed by atoms with Crippen LogP contribution in [-0.4, -0.2) is 43.0 Å². The molecule has 98 valence electrons. The van der Waals surface area contributed by atoms with Gasteiger partial charge in [0.2, 0.25) is 5.91 Å². The monoisotopic (exact) mass is 259 g/mol. The van der Waals surface area contributed by atoms with Crippen LogP contribution in [0.5, 0.6) is 0 Å². The molecule has 0 aromatic carbocycles. The quantitative estimate of drug-likeness (QED) is 0.829. The topological polar surface area (TPSA) is 47.6 Å². The predicted molar refractivity (Wildman–Crippen MR) is 68.0 cm³/mol. The molecule has 1 aliphatic carbocycles. The highest BCUT2D eigenvalue weighted by atomic mass is 32.2. The van der Waals surface area contributed by atoms with Crippen molar-refractivity contribution in [2.45, 2.75) is 38.0 Å². The van der Waals surface area contributed by atoms with Gasteiger partial charge in [-0.15, -0.1) is 0 Å². The first-order valence-corrected chi connectivity index (χ1v) is 7.62. The molecule has 1 heterocycles. The molecule has 17 heavy (non-hydrogen) atoms. The first-order chi connectivity index (χ1) is 8.15. The zero-order chi connectivity index (χ0) is 12.3. The number of nitrogens with one attached hydrogen (secondary N) is 1. The third-order valence-corrected chi connectivity index (χ3v) is 4.29. The van der Waals surface area contributed by atoms with Crippen molar-refractivity contribution in [2.75, 3.05) is 25.2 Å². The van der Waals surface area contributed by atoms with E-state index in [2.05, 4.69) is 5.32 Å². The van der Waals surface area contributed by atoms with Crippen LogP contribution in [0.15, 0.2) is 0 Å². The molecule has 2 atom stereocenters. The number of carbonyl (C=O) groups excluding carboxylic acids is 1. The largest absolute Gasteiger partial charge is 0.353 e. The molecule has 1 saturated carbocycles. The smallest absolute Gasteiger partial charge is 0.223 e. The van der Waals surface area contributed by atoms with Crippen LogP contribution in [0.4, 0.5) is 0 Å². The Bertz CT molecular complexity index is 279. The van der Waals surface area contributed by atoms with Crippen LogP contribution in [0.1, 0.15) is 26.2 Å². The number of amides is 1. The summed E-state index contributed by atoms with van der Waals surface area (Å²) in [6.45, 7) is 3.34. The number of hydrogen-bond acceptors (Lipinski definition) is 4. The fraction of sp³-hybridized carbons (Fsp3) is 0.917. The lowest BCUT2D eigenvalue weighted by atomic mass is 10.1. The average Bonchev–Trinajstić information content (AvgIpc) is 2.90. The summed E-state index contributed by atoms with van der Waals surface area (Å²) < 4.78 is 11.3. The molecule has 0 aromatic heterocycles. The summed E-state index contributed by atoms with van der Waals surface area (Å²) >= 11 is 1.70. The van der Waals surface area contributed by atoms with Crippen LogP contribution in [0, 0.1) is 5.92 Å². The van der Waals surface area contributed by atoms with Gasteiger partial charge in [0.15, 0.2) is 5.79 Å². The third kappa shape index (κ3) is 3.14. The molecule has 2 aliphatic rings. The van der Waals surface area contributed by atoms with E-state index >= 15 is 0 Å². The maximum Gasteiger partial charge on any atom is 0.223 e. The zero-order valence-corrected chi connectivity index (χ0v) is 11.3. The van der Waals surface area contributed by atoms with Crippen molar-refractivity contribution >= 4 is 17.7 Å². The molecule has 5 heteroatoms. The summed E-state index contributed by atoms with van der Waals surface area (Å²) in [5.41, 5.74) is 0. The standard InChI is InChI=1S/C12H21NO3S/c1-9(8-17-2)11(14)13-10-3-4-12(7-10)15-5-6-16-12/h9-10H,3-8H2,1-2H3,(H,13,14). The maximum absolute atomic E-state index is 11.9. The van der Waals surface area contributed by atoms with Crippen LogP contribution in [-0.2, 0) is 14.3 Å². The van der Waals surface area contributed by atoms with Crippen molar-refractivity contribution in [1.82, 2.24) is 5.32 Å². The van der Waals surface area contributed by atoms with E-state index in [0.717, 1.165) is 25.0 Å². The molecular formula is C12H21NO3S. The minimum Gasteiger partial charge on any atom is -0.353 e. The lowest BCUT2D eigenvalue weighted by molar-refractivity contribution is -0.151. The van der Waals surface area contributed by atoms with Crippen LogP contribution in [0.3, 0.4) is 0 Å². The normalized spacial score (nSPS) is 28.5. The molecule has 0 radical (unpaired) electrons. The van der Waals surface area contributed by atoms with E-state index in [1.54, 1.807) is 11.8 Å². The highest BCUT2D eigenvalue weighted by molar-refractivity contribution is 7.98. The van der Waals surface area contributed by atoms with E-state index < -0.39 is 0 Å². The fourth-order valence-electron chi connectivity index (χ4n) is 2.53. The van der Waals surface area contributed by atoms with E-state index in [4.69, 9.17) is 9.47 Å². The van der Waals surface area contributed by atoms with Crippen LogP contribution < -0.4 is 5.32 Å². The highest BCUT2D eigenvalue weighted by Gasteiger charge is 2.44. The summed E-state index contributed by atoms with van der Waals surface area (Å²) in [6, 6.07) is 0.213. The second kappa shape index (κ2) is 5.59. The lowest BCUT2D eigenvalue weighted by Crippen LogP contribution is -2.39. The SMILES string of the molecule is CSCC(C)C(=O)NC1CCC2(C1)OCCO2. The first-order valence-electron chi connectivity index (χ1n) is 6.22. The molecule has 1 spiro atoms. The number of thioether (sulfide) groups is 1. The maximum atomic E-state index is 11.9. The molecule has 2 rings (SSSR count). The van der Waals surface area contributed by atoms with Gasteiger partial charge in [-0.05, 0) is 12.7 Å². The Morgan fingerprint density at radius 3 is 2.88 bits per heavy atom. The summed E-state index contributed by atoms with van der Waals surface area (Å²) in [5, 5.41) is 3.10. The van der Waals surface area contributed by atoms with Gasteiger partial charge in [-0.1, -0.05) is 6.92 Å². The third-order valence-electron chi connectivity index (χ3n) is 3.46. The molecule has 0 bridgehead atoms. The van der Waals surface area contributed by atoms with Gasteiger partial charge in [-0.3, -0.25) is 4.79 Å². The van der Waals surface area contributed by atoms with Crippen LogP contribution in [0.2, 0.25) is 0 Å². The van der Waals surface area contributed by atoms with E-state index in [1.165, 1.54) is 0 Å². The zero-order valence-electron chi connectivity index (χ0n) is 10.5. The van der Waals surface area contributed by atoms with Crippen molar-refractivity contribution in [3.63, 3.8) is 0 Å². The van der Waals surface area contributed by atoms with Gasteiger partial charge in [0, 0.05) is 30.6 Å². The van der Waals surface area contributed by atoms with Gasteiger partial charge in [0.25, 0.3) is 0 Å². The second-order valence-electron chi connectivity index (χ2n) is 4.91. The van der Waals surface area contributed by atoms with Crippen molar-refractivity contribution in [3.05, 3.63) is 0 Å². The molecule has 1 N–H and O–H groups in total. The van der Waals surface area contributed by atoms with Gasteiger partial charge in [-0.2, -0.15) is 11.8 Å². The Labute approximate surface area is 107 Å². The number of hydrogen-bond donors (Lipinski definition) is 1. The summed E-state index contributed by atoms with van der Waals surface area (Å²) in [6.07, 6.45) is 4.67. The second-order valence-corrected chi connectivity index (χ2v) is 5.82.